The lowest BCUT2D eigenvalue weighted by molar-refractivity contribution is 0.198. The standard InChI is InChI=1S/C13H19F3N2O/c1-9(7-17-3-4-19-2)18-8-11-12(15)5-10(14)6-13(11)16/h5-6,9,17-18H,3-4,7-8H2,1-2H3. The van der Waals surface area contributed by atoms with Crippen LogP contribution in [-0.4, -0.2) is 32.8 Å². The van der Waals surface area contributed by atoms with Crippen LogP contribution < -0.4 is 10.6 Å². The Kier molecular flexibility index (Phi) is 6.83. The molecule has 1 aromatic carbocycles. The average molecular weight is 276 g/mol. The molecule has 0 amide bonds. The highest BCUT2D eigenvalue weighted by Gasteiger charge is 2.12. The predicted molar refractivity (Wildman–Crippen MR) is 67.4 cm³/mol. The van der Waals surface area contributed by atoms with Crippen molar-refractivity contribution in [2.45, 2.75) is 19.5 Å². The fourth-order valence-electron chi connectivity index (χ4n) is 1.58. The van der Waals surface area contributed by atoms with Crippen LogP contribution in [0.15, 0.2) is 12.1 Å². The lowest BCUT2D eigenvalue weighted by Crippen LogP contribution is -2.37. The van der Waals surface area contributed by atoms with Crippen LogP contribution in [-0.2, 0) is 11.3 Å². The van der Waals surface area contributed by atoms with Crippen molar-refractivity contribution in [3.63, 3.8) is 0 Å². The maximum atomic E-state index is 13.4. The van der Waals surface area contributed by atoms with E-state index in [0.717, 1.165) is 0 Å². The number of hydrogen-bond donors (Lipinski definition) is 2. The molecule has 0 saturated heterocycles. The van der Waals surface area contributed by atoms with Gasteiger partial charge in [0.25, 0.3) is 0 Å². The van der Waals surface area contributed by atoms with Crippen LogP contribution in [0.5, 0.6) is 0 Å². The van der Waals surface area contributed by atoms with Crippen LogP contribution in [0.3, 0.4) is 0 Å². The third kappa shape index (κ3) is 5.59. The van der Waals surface area contributed by atoms with Gasteiger partial charge in [0.2, 0.25) is 0 Å². The maximum absolute atomic E-state index is 13.4. The third-order valence-corrected chi connectivity index (χ3v) is 2.67. The van der Waals surface area contributed by atoms with Crippen LogP contribution >= 0.6 is 0 Å². The van der Waals surface area contributed by atoms with Crippen LogP contribution in [0.25, 0.3) is 0 Å². The number of rotatable bonds is 8. The quantitative estimate of drug-likeness (QED) is 0.711. The van der Waals surface area contributed by atoms with Gasteiger partial charge in [0.1, 0.15) is 17.5 Å². The molecule has 2 N–H and O–H groups in total. The molecule has 1 rings (SSSR count). The minimum atomic E-state index is -0.909. The lowest BCUT2D eigenvalue weighted by atomic mass is 10.2. The molecular weight excluding hydrogens is 257 g/mol. The van der Waals surface area contributed by atoms with E-state index in [1.165, 1.54) is 0 Å². The van der Waals surface area contributed by atoms with Gasteiger partial charge >= 0.3 is 0 Å². The van der Waals surface area contributed by atoms with Gasteiger partial charge in [-0.2, -0.15) is 0 Å². The summed E-state index contributed by atoms with van der Waals surface area (Å²) in [5.74, 6) is -2.65. The summed E-state index contributed by atoms with van der Waals surface area (Å²) in [4.78, 5) is 0. The van der Waals surface area contributed by atoms with E-state index >= 15 is 0 Å². The first kappa shape index (κ1) is 15.9. The van der Waals surface area contributed by atoms with E-state index in [4.69, 9.17) is 4.74 Å². The summed E-state index contributed by atoms with van der Waals surface area (Å²) in [6, 6.07) is 1.39. The highest BCUT2D eigenvalue weighted by Crippen LogP contribution is 2.14. The molecule has 0 aromatic heterocycles. The van der Waals surface area contributed by atoms with E-state index in [0.29, 0.717) is 31.8 Å². The van der Waals surface area contributed by atoms with E-state index in [1.807, 2.05) is 6.92 Å². The minimum Gasteiger partial charge on any atom is -0.383 e. The van der Waals surface area contributed by atoms with Gasteiger partial charge in [-0.25, -0.2) is 13.2 Å². The zero-order chi connectivity index (χ0) is 14.3. The molecule has 0 heterocycles. The SMILES string of the molecule is COCCNCC(C)NCc1c(F)cc(F)cc1F. The smallest absolute Gasteiger partial charge is 0.133 e. The topological polar surface area (TPSA) is 33.3 Å². The van der Waals surface area contributed by atoms with Gasteiger partial charge < -0.3 is 15.4 Å². The molecule has 0 fully saturated rings. The van der Waals surface area contributed by atoms with E-state index < -0.39 is 17.5 Å². The number of nitrogens with one attached hydrogen (secondary N) is 2. The normalized spacial score (nSPS) is 12.7. The van der Waals surface area contributed by atoms with Crippen LogP contribution in [0.4, 0.5) is 13.2 Å². The predicted octanol–water partition coefficient (Wildman–Crippen LogP) is 1.82. The first-order valence-corrected chi connectivity index (χ1v) is 6.11. The fourth-order valence-corrected chi connectivity index (χ4v) is 1.58. The second-order valence-electron chi connectivity index (χ2n) is 4.33. The Morgan fingerprint density at radius 1 is 1.21 bits per heavy atom. The van der Waals surface area contributed by atoms with Gasteiger partial charge in [-0.1, -0.05) is 0 Å². The summed E-state index contributed by atoms with van der Waals surface area (Å²) in [5.41, 5.74) is -0.148. The number of ether oxygens (including phenoxy) is 1. The van der Waals surface area contributed by atoms with Gasteiger partial charge in [-0.15, -0.1) is 0 Å². The summed E-state index contributed by atoms with van der Waals surface area (Å²) in [7, 11) is 1.61. The maximum Gasteiger partial charge on any atom is 0.133 e. The van der Waals surface area contributed by atoms with Crippen molar-refractivity contribution in [1.29, 1.82) is 0 Å². The van der Waals surface area contributed by atoms with Crippen molar-refractivity contribution in [3.8, 4) is 0 Å². The summed E-state index contributed by atoms with van der Waals surface area (Å²) in [5, 5.41) is 6.10. The molecule has 0 aliphatic heterocycles. The molecule has 0 aliphatic rings. The van der Waals surface area contributed by atoms with E-state index in [-0.39, 0.29) is 18.2 Å². The van der Waals surface area contributed by atoms with E-state index in [9.17, 15) is 13.2 Å². The molecule has 0 bridgehead atoms. The van der Waals surface area contributed by atoms with Crippen molar-refractivity contribution in [2.75, 3.05) is 26.8 Å². The zero-order valence-electron chi connectivity index (χ0n) is 11.1. The number of halogens is 3. The van der Waals surface area contributed by atoms with Gasteiger partial charge in [0.15, 0.2) is 0 Å². The molecule has 6 heteroatoms. The molecule has 0 radical (unpaired) electrons. The summed E-state index contributed by atoms with van der Waals surface area (Å²) in [6.07, 6.45) is 0. The summed E-state index contributed by atoms with van der Waals surface area (Å²) in [6.45, 7) is 3.87. The minimum absolute atomic E-state index is 0.0189. The van der Waals surface area contributed by atoms with Crippen LogP contribution in [0, 0.1) is 17.5 Å². The van der Waals surface area contributed by atoms with Crippen molar-refractivity contribution < 1.29 is 17.9 Å². The molecule has 0 aliphatic carbocycles. The number of hydrogen-bond acceptors (Lipinski definition) is 3. The fraction of sp³-hybridized carbons (Fsp3) is 0.538. The molecule has 3 nitrogen and oxygen atoms in total. The highest BCUT2D eigenvalue weighted by atomic mass is 19.1. The molecule has 0 spiro atoms. The third-order valence-electron chi connectivity index (χ3n) is 2.67. The number of benzene rings is 1. The first-order chi connectivity index (χ1) is 9.04. The van der Waals surface area contributed by atoms with Crippen molar-refractivity contribution >= 4 is 0 Å². The van der Waals surface area contributed by atoms with Gasteiger partial charge in [0.05, 0.1) is 6.61 Å². The Hall–Kier alpha value is -1.11. The van der Waals surface area contributed by atoms with Crippen LogP contribution in [0.1, 0.15) is 12.5 Å². The van der Waals surface area contributed by atoms with E-state index in [2.05, 4.69) is 10.6 Å². The number of methoxy groups -OCH3 is 1. The molecule has 1 aromatic rings. The molecule has 0 saturated carbocycles. The Balaban J connectivity index is 2.40. The Bertz CT molecular complexity index is 378. The summed E-state index contributed by atoms with van der Waals surface area (Å²) < 4.78 is 44.3. The molecule has 1 atom stereocenters. The Labute approximate surface area is 111 Å². The van der Waals surface area contributed by atoms with Crippen molar-refractivity contribution in [3.05, 3.63) is 35.1 Å². The monoisotopic (exact) mass is 276 g/mol. The zero-order valence-corrected chi connectivity index (χ0v) is 11.1. The molecule has 1 unspecified atom stereocenters. The highest BCUT2D eigenvalue weighted by molar-refractivity contribution is 5.20. The summed E-state index contributed by atoms with van der Waals surface area (Å²) >= 11 is 0. The van der Waals surface area contributed by atoms with E-state index in [1.54, 1.807) is 7.11 Å². The van der Waals surface area contributed by atoms with Crippen LogP contribution in [0.2, 0.25) is 0 Å². The molecule has 19 heavy (non-hydrogen) atoms. The molecule has 108 valence electrons. The molecular formula is C13H19F3N2O. The van der Waals surface area contributed by atoms with Gasteiger partial charge in [-0.3, -0.25) is 0 Å². The second-order valence-corrected chi connectivity index (χ2v) is 4.33. The van der Waals surface area contributed by atoms with Gasteiger partial charge in [-0.05, 0) is 6.92 Å². The second kappa shape index (κ2) is 8.14. The average Bonchev–Trinajstić information content (AvgIpc) is 2.33. The van der Waals surface area contributed by atoms with Gasteiger partial charge in [0, 0.05) is 50.5 Å². The van der Waals surface area contributed by atoms with Crippen molar-refractivity contribution in [1.82, 2.24) is 10.6 Å². The van der Waals surface area contributed by atoms with Crippen molar-refractivity contribution in [2.24, 2.45) is 0 Å². The largest absolute Gasteiger partial charge is 0.383 e. The first-order valence-electron chi connectivity index (χ1n) is 6.11. The Morgan fingerprint density at radius 3 is 2.42 bits per heavy atom. The lowest BCUT2D eigenvalue weighted by Gasteiger charge is -2.15. The Morgan fingerprint density at radius 2 is 1.84 bits per heavy atom.